The zero-order valence-corrected chi connectivity index (χ0v) is 17.6. The molecule has 5 nitrogen and oxygen atoms in total. The Bertz CT molecular complexity index is 831. The molecule has 2 aliphatic rings. The minimum atomic E-state index is -3.46. The topological polar surface area (TPSA) is 66.6 Å². The van der Waals surface area contributed by atoms with Crippen LogP contribution in [0.2, 0.25) is 0 Å². The molecule has 0 unspecified atom stereocenters. The molecule has 2 aliphatic heterocycles. The molecule has 0 amide bonds. The number of hydrogen-bond acceptors (Lipinski definition) is 5. The monoisotopic (exact) mass is 455 g/mol. The number of nitrogen functional groups attached to an aromatic ring is 1. The van der Waals surface area contributed by atoms with Crippen LogP contribution in [0.4, 0.5) is 11.4 Å². The number of nitrogens with two attached hydrogens (primary N) is 1. The molecule has 0 aliphatic carbocycles. The van der Waals surface area contributed by atoms with Crippen LogP contribution < -0.4 is 10.6 Å². The highest BCUT2D eigenvalue weighted by Gasteiger charge is 2.28. The maximum Gasteiger partial charge on any atom is 0.243 e. The van der Waals surface area contributed by atoms with Gasteiger partial charge in [0.1, 0.15) is 0 Å². The van der Waals surface area contributed by atoms with E-state index in [1.54, 1.807) is 24.3 Å². The summed E-state index contributed by atoms with van der Waals surface area (Å²) in [6, 6.07) is 14.3. The van der Waals surface area contributed by atoms with Crippen molar-refractivity contribution in [3.63, 3.8) is 0 Å². The summed E-state index contributed by atoms with van der Waals surface area (Å²) in [5, 5.41) is 0. The van der Waals surface area contributed by atoms with Gasteiger partial charge in [-0.3, -0.25) is 0 Å². The molecule has 2 heterocycles. The Morgan fingerprint density at radius 3 is 2.04 bits per heavy atom. The first kappa shape index (κ1) is 19.5. The molecule has 2 fully saturated rings. The van der Waals surface area contributed by atoms with Gasteiger partial charge in [0.2, 0.25) is 10.0 Å². The van der Waals surface area contributed by atoms with Crippen LogP contribution in [0.25, 0.3) is 0 Å². The lowest BCUT2D eigenvalue weighted by molar-refractivity contribution is 0.385. The number of para-hydroxylation sites is 1. The summed E-state index contributed by atoms with van der Waals surface area (Å²) in [7, 11) is -3.46. The third-order valence-corrected chi connectivity index (χ3v) is 7.15. The fourth-order valence-electron chi connectivity index (χ4n) is 2.67. The quantitative estimate of drug-likeness (QED) is 0.567. The number of piperazine rings is 1. The highest BCUT2D eigenvalue weighted by molar-refractivity contribution is 9.10. The van der Waals surface area contributed by atoms with Gasteiger partial charge < -0.3 is 10.6 Å². The van der Waals surface area contributed by atoms with Crippen LogP contribution in [0, 0.1) is 0 Å². The van der Waals surface area contributed by atoms with Crippen LogP contribution in [-0.4, -0.2) is 50.4 Å². The Balaban J connectivity index is 0.000000592. The molecular weight excluding hydrogens is 434 g/mol. The highest BCUT2D eigenvalue weighted by atomic mass is 79.9. The molecular formula is C18H22BrN3O2S2. The average Bonchev–Trinajstić information content (AvgIpc) is 3.52. The van der Waals surface area contributed by atoms with E-state index in [0.29, 0.717) is 36.8 Å². The summed E-state index contributed by atoms with van der Waals surface area (Å²) in [5.74, 6) is 2.83. The molecule has 2 aromatic carbocycles. The molecule has 26 heavy (non-hydrogen) atoms. The van der Waals surface area contributed by atoms with Crippen molar-refractivity contribution in [2.45, 2.75) is 4.90 Å². The van der Waals surface area contributed by atoms with E-state index in [1.807, 2.05) is 36.0 Å². The van der Waals surface area contributed by atoms with Gasteiger partial charge in [0.25, 0.3) is 0 Å². The summed E-state index contributed by atoms with van der Waals surface area (Å²) in [4.78, 5) is 2.49. The molecule has 2 saturated heterocycles. The van der Waals surface area contributed by atoms with E-state index >= 15 is 0 Å². The van der Waals surface area contributed by atoms with Crippen LogP contribution in [-0.2, 0) is 10.0 Å². The largest absolute Gasteiger partial charge is 0.399 e. The van der Waals surface area contributed by atoms with Crippen molar-refractivity contribution in [3.05, 3.63) is 53.0 Å². The van der Waals surface area contributed by atoms with Gasteiger partial charge in [0, 0.05) is 47.8 Å². The molecule has 2 N–H and O–H groups in total. The predicted molar refractivity (Wildman–Crippen MR) is 113 cm³/mol. The first-order valence-electron chi connectivity index (χ1n) is 8.41. The number of halogens is 1. The Kier molecular flexibility index (Phi) is 6.50. The fourth-order valence-corrected chi connectivity index (χ4v) is 4.62. The van der Waals surface area contributed by atoms with Crippen molar-refractivity contribution in [2.24, 2.45) is 0 Å². The summed E-state index contributed by atoms with van der Waals surface area (Å²) in [5.41, 5.74) is 7.28. The zero-order valence-electron chi connectivity index (χ0n) is 14.3. The van der Waals surface area contributed by atoms with Crippen molar-refractivity contribution >= 4 is 49.1 Å². The molecule has 4 rings (SSSR count). The normalized spacial score (nSPS) is 17.3. The number of rotatable bonds is 3. The predicted octanol–water partition coefficient (Wildman–Crippen LogP) is 3.28. The maximum atomic E-state index is 12.7. The van der Waals surface area contributed by atoms with Crippen LogP contribution in [0.15, 0.2) is 57.9 Å². The van der Waals surface area contributed by atoms with Crippen LogP contribution in [0.3, 0.4) is 0 Å². The minimum absolute atomic E-state index is 0.293. The molecule has 0 aromatic heterocycles. The standard InChI is InChI=1S/C16H18BrN3O2S.C2H4S/c17-15-3-1-2-4-16(15)19-9-11-20(12-10-19)23(21,22)14-7-5-13(18)6-8-14;1-2-3-1/h1-8H,9-12,18H2;1-2H2. The minimum Gasteiger partial charge on any atom is -0.399 e. The van der Waals surface area contributed by atoms with E-state index in [2.05, 4.69) is 20.8 Å². The second-order valence-electron chi connectivity index (χ2n) is 6.02. The number of hydrogen-bond donors (Lipinski definition) is 1. The molecule has 0 radical (unpaired) electrons. The first-order valence-corrected chi connectivity index (χ1v) is 11.8. The Labute approximate surface area is 167 Å². The van der Waals surface area contributed by atoms with Crippen LogP contribution in [0.1, 0.15) is 0 Å². The summed E-state index contributed by atoms with van der Waals surface area (Å²) in [6.07, 6.45) is 0. The molecule has 2 aromatic rings. The Hall–Kier alpha value is -1.22. The molecule has 0 bridgehead atoms. The number of nitrogens with zero attached hydrogens (tertiary/aromatic N) is 2. The third kappa shape index (κ3) is 4.94. The van der Waals surface area contributed by atoms with E-state index in [-0.39, 0.29) is 0 Å². The van der Waals surface area contributed by atoms with Gasteiger partial charge in [-0.25, -0.2) is 8.42 Å². The smallest absolute Gasteiger partial charge is 0.243 e. The lowest BCUT2D eigenvalue weighted by Crippen LogP contribution is -2.48. The second-order valence-corrected chi connectivity index (χ2v) is 10.0. The lowest BCUT2D eigenvalue weighted by atomic mass is 10.2. The van der Waals surface area contributed by atoms with Gasteiger partial charge in [0.15, 0.2) is 0 Å². The van der Waals surface area contributed by atoms with Gasteiger partial charge in [-0.2, -0.15) is 16.1 Å². The average molecular weight is 456 g/mol. The van der Waals surface area contributed by atoms with Crippen molar-refractivity contribution in [3.8, 4) is 0 Å². The van der Waals surface area contributed by atoms with E-state index in [4.69, 9.17) is 5.73 Å². The molecule has 0 spiro atoms. The Morgan fingerprint density at radius 1 is 0.923 bits per heavy atom. The Morgan fingerprint density at radius 2 is 1.50 bits per heavy atom. The van der Waals surface area contributed by atoms with Crippen LogP contribution >= 0.6 is 27.7 Å². The third-order valence-electron chi connectivity index (χ3n) is 4.15. The molecule has 0 saturated carbocycles. The second kappa shape index (κ2) is 8.65. The van der Waals surface area contributed by atoms with Gasteiger partial charge >= 0.3 is 0 Å². The molecule has 8 heteroatoms. The van der Waals surface area contributed by atoms with Crippen molar-refractivity contribution in [1.82, 2.24) is 4.31 Å². The van der Waals surface area contributed by atoms with Crippen molar-refractivity contribution < 1.29 is 8.42 Å². The maximum absolute atomic E-state index is 12.7. The van der Waals surface area contributed by atoms with E-state index in [1.165, 1.54) is 15.8 Å². The van der Waals surface area contributed by atoms with E-state index in [0.717, 1.165) is 10.2 Å². The SMILES string of the molecule is C1CS1.Nc1ccc(S(=O)(=O)N2CCN(c3ccccc3Br)CC2)cc1. The zero-order chi connectivity index (χ0) is 18.6. The lowest BCUT2D eigenvalue weighted by Gasteiger charge is -2.35. The first-order chi connectivity index (χ1) is 12.5. The number of benzene rings is 2. The summed E-state index contributed by atoms with van der Waals surface area (Å²) < 4.78 is 27.9. The van der Waals surface area contributed by atoms with Gasteiger partial charge in [-0.05, 0) is 52.3 Å². The molecule has 140 valence electrons. The number of sulfonamides is 1. The van der Waals surface area contributed by atoms with Gasteiger partial charge in [-0.1, -0.05) is 12.1 Å². The summed E-state index contributed by atoms with van der Waals surface area (Å²) >= 11 is 5.54. The van der Waals surface area contributed by atoms with Crippen LogP contribution in [0.5, 0.6) is 0 Å². The van der Waals surface area contributed by atoms with E-state index in [9.17, 15) is 8.42 Å². The van der Waals surface area contributed by atoms with Gasteiger partial charge in [-0.15, -0.1) is 0 Å². The van der Waals surface area contributed by atoms with Crippen molar-refractivity contribution in [1.29, 1.82) is 0 Å². The van der Waals surface area contributed by atoms with Crippen molar-refractivity contribution in [2.75, 3.05) is 48.3 Å². The fraction of sp³-hybridized carbons (Fsp3) is 0.333. The van der Waals surface area contributed by atoms with E-state index < -0.39 is 10.0 Å². The highest BCUT2D eigenvalue weighted by Crippen LogP contribution is 2.27. The summed E-state index contributed by atoms with van der Waals surface area (Å²) in [6.45, 7) is 2.26. The number of anilines is 2. The number of thioether (sulfide) groups is 1. The van der Waals surface area contributed by atoms with Gasteiger partial charge in [0.05, 0.1) is 10.6 Å². The molecule has 0 atom stereocenters.